The number of carboxylic acids is 1. The van der Waals surface area contributed by atoms with Gasteiger partial charge in [0, 0.05) is 17.4 Å². The van der Waals surface area contributed by atoms with E-state index < -0.39 is 5.97 Å². The monoisotopic (exact) mass is 254 g/mol. The van der Waals surface area contributed by atoms with Gasteiger partial charge >= 0.3 is 5.97 Å². The Labute approximate surface area is 108 Å². The van der Waals surface area contributed by atoms with Crippen molar-refractivity contribution in [1.29, 1.82) is 0 Å². The largest absolute Gasteiger partial charge is 0.478 e. The molecule has 0 aliphatic carbocycles. The lowest BCUT2D eigenvalue weighted by Crippen LogP contribution is -2.00. The average molecular weight is 254 g/mol. The Morgan fingerprint density at radius 3 is 2.63 bits per heavy atom. The van der Waals surface area contributed by atoms with E-state index >= 15 is 0 Å². The Kier molecular flexibility index (Phi) is 2.42. The lowest BCUT2D eigenvalue weighted by molar-refractivity contribution is 0.0698. The van der Waals surface area contributed by atoms with E-state index in [1.807, 2.05) is 0 Å². The van der Waals surface area contributed by atoms with Crippen molar-refractivity contribution >= 4 is 17.3 Å². The van der Waals surface area contributed by atoms with Crippen LogP contribution in [0.5, 0.6) is 0 Å². The van der Waals surface area contributed by atoms with Crippen LogP contribution < -0.4 is 5.73 Å². The third-order valence-corrected chi connectivity index (χ3v) is 2.76. The molecule has 0 aliphatic rings. The minimum atomic E-state index is -1.03. The molecule has 1 aromatic carbocycles. The first-order valence-electron chi connectivity index (χ1n) is 5.60. The summed E-state index contributed by atoms with van der Waals surface area (Å²) in [5, 5.41) is 13.4. The van der Waals surface area contributed by atoms with Gasteiger partial charge in [-0.25, -0.2) is 14.3 Å². The van der Waals surface area contributed by atoms with Gasteiger partial charge in [0.05, 0.1) is 0 Å². The predicted molar refractivity (Wildman–Crippen MR) is 69.8 cm³/mol. The summed E-state index contributed by atoms with van der Waals surface area (Å²) in [4.78, 5) is 15.4. The number of hydrogen-bond acceptors (Lipinski definition) is 4. The summed E-state index contributed by atoms with van der Waals surface area (Å²) in [6.45, 7) is 0. The van der Waals surface area contributed by atoms with Gasteiger partial charge in [-0.15, -0.1) is 5.10 Å². The molecule has 2 aromatic heterocycles. The van der Waals surface area contributed by atoms with Gasteiger partial charge in [-0.1, -0.05) is 0 Å². The molecule has 0 atom stereocenters. The number of pyridine rings is 1. The summed E-state index contributed by atoms with van der Waals surface area (Å²) in [6, 6.07) is 10.2. The quantitative estimate of drug-likeness (QED) is 0.678. The number of rotatable bonds is 2. The number of aromatic nitrogens is 3. The van der Waals surface area contributed by atoms with Gasteiger partial charge in [0.15, 0.2) is 11.5 Å². The highest BCUT2D eigenvalue weighted by molar-refractivity contribution is 5.94. The van der Waals surface area contributed by atoms with Crippen LogP contribution in [0, 0.1) is 0 Å². The van der Waals surface area contributed by atoms with Gasteiger partial charge < -0.3 is 10.8 Å². The Morgan fingerprint density at radius 2 is 1.95 bits per heavy atom. The van der Waals surface area contributed by atoms with Crippen LogP contribution in [0.2, 0.25) is 0 Å². The second-order valence-corrected chi connectivity index (χ2v) is 4.05. The Balaban J connectivity index is 2.19. The number of benzene rings is 1. The van der Waals surface area contributed by atoms with Crippen LogP contribution in [0.25, 0.3) is 17.0 Å². The molecule has 3 aromatic rings. The molecule has 0 spiro atoms. The number of fused-ring (bicyclic) bond motifs is 1. The van der Waals surface area contributed by atoms with E-state index in [2.05, 4.69) is 10.1 Å². The average Bonchev–Trinajstić information content (AvgIpc) is 2.82. The van der Waals surface area contributed by atoms with Crippen molar-refractivity contribution in [3.8, 4) is 11.4 Å². The fourth-order valence-electron chi connectivity index (χ4n) is 1.83. The first kappa shape index (κ1) is 11.2. The number of carboxylic acid groups (broad SMARTS) is 1. The number of carbonyl (C=O) groups is 1. The summed E-state index contributed by atoms with van der Waals surface area (Å²) in [7, 11) is 0. The van der Waals surface area contributed by atoms with Crippen LogP contribution in [0.3, 0.4) is 0 Å². The van der Waals surface area contributed by atoms with Gasteiger partial charge in [-0.3, -0.25) is 0 Å². The summed E-state index contributed by atoms with van der Waals surface area (Å²) in [5.41, 5.74) is 7.50. The minimum absolute atomic E-state index is 0.122. The van der Waals surface area contributed by atoms with Gasteiger partial charge in [0.1, 0.15) is 5.56 Å². The molecule has 3 N–H and O–H groups in total. The molecule has 0 saturated heterocycles. The Bertz CT molecular complexity index is 762. The molecule has 0 unspecified atom stereocenters. The highest BCUT2D eigenvalue weighted by atomic mass is 16.4. The van der Waals surface area contributed by atoms with Crippen molar-refractivity contribution in [2.45, 2.75) is 0 Å². The summed E-state index contributed by atoms with van der Waals surface area (Å²) < 4.78 is 1.45. The van der Waals surface area contributed by atoms with Gasteiger partial charge in [0.25, 0.3) is 0 Å². The van der Waals surface area contributed by atoms with Crippen molar-refractivity contribution in [2.24, 2.45) is 0 Å². The third kappa shape index (κ3) is 1.89. The highest BCUT2D eigenvalue weighted by Crippen LogP contribution is 2.19. The van der Waals surface area contributed by atoms with E-state index in [4.69, 9.17) is 10.8 Å². The Morgan fingerprint density at radius 1 is 1.21 bits per heavy atom. The minimum Gasteiger partial charge on any atom is -0.478 e. The first-order valence-corrected chi connectivity index (χ1v) is 5.60. The molecule has 0 amide bonds. The van der Waals surface area contributed by atoms with Crippen LogP contribution >= 0.6 is 0 Å². The van der Waals surface area contributed by atoms with Gasteiger partial charge in [0.2, 0.25) is 0 Å². The summed E-state index contributed by atoms with van der Waals surface area (Å²) >= 11 is 0. The molecule has 19 heavy (non-hydrogen) atoms. The zero-order valence-electron chi connectivity index (χ0n) is 9.82. The molecule has 0 saturated carbocycles. The van der Waals surface area contributed by atoms with E-state index in [0.717, 1.165) is 5.56 Å². The molecular weight excluding hydrogens is 244 g/mol. The number of aromatic carboxylic acids is 1. The fraction of sp³-hybridized carbons (Fsp3) is 0. The predicted octanol–water partition coefficient (Wildman–Crippen LogP) is 1.68. The van der Waals surface area contributed by atoms with Crippen molar-refractivity contribution < 1.29 is 9.90 Å². The molecule has 6 nitrogen and oxygen atoms in total. The summed E-state index contributed by atoms with van der Waals surface area (Å²) in [6.07, 6.45) is 1.66. The molecule has 0 fully saturated rings. The van der Waals surface area contributed by atoms with Crippen molar-refractivity contribution in [1.82, 2.24) is 14.6 Å². The molecule has 0 radical (unpaired) electrons. The molecule has 0 bridgehead atoms. The maximum atomic E-state index is 11.1. The smallest absolute Gasteiger partial charge is 0.339 e. The fourth-order valence-corrected chi connectivity index (χ4v) is 1.83. The van der Waals surface area contributed by atoms with Crippen LogP contribution in [0.4, 0.5) is 5.69 Å². The number of anilines is 1. The molecular formula is C13H10N4O2. The highest BCUT2D eigenvalue weighted by Gasteiger charge is 2.13. The zero-order chi connectivity index (χ0) is 13.4. The number of nitrogens with two attached hydrogens (primary N) is 1. The van der Waals surface area contributed by atoms with Crippen LogP contribution in [0.1, 0.15) is 10.4 Å². The third-order valence-electron chi connectivity index (χ3n) is 2.76. The molecule has 3 rings (SSSR count). The van der Waals surface area contributed by atoms with E-state index in [-0.39, 0.29) is 5.56 Å². The number of nitrogen functional groups attached to an aromatic ring is 1. The van der Waals surface area contributed by atoms with E-state index in [1.54, 1.807) is 36.5 Å². The second kappa shape index (κ2) is 4.09. The van der Waals surface area contributed by atoms with Gasteiger partial charge in [-0.05, 0) is 36.4 Å². The van der Waals surface area contributed by atoms with E-state index in [1.165, 1.54) is 10.6 Å². The standard InChI is InChI=1S/C13H10N4O2/c14-9-5-3-8(4-6-9)11-15-12-10(13(18)19)2-1-7-17(12)16-11/h1-7H,14H2,(H,18,19). The van der Waals surface area contributed by atoms with Crippen molar-refractivity contribution in [3.63, 3.8) is 0 Å². The van der Waals surface area contributed by atoms with Crippen molar-refractivity contribution in [2.75, 3.05) is 5.73 Å². The zero-order valence-corrected chi connectivity index (χ0v) is 9.82. The number of nitrogens with zero attached hydrogens (tertiary/aromatic N) is 3. The normalized spacial score (nSPS) is 10.7. The maximum Gasteiger partial charge on any atom is 0.339 e. The van der Waals surface area contributed by atoms with Gasteiger partial charge in [-0.2, -0.15) is 0 Å². The maximum absolute atomic E-state index is 11.1. The second-order valence-electron chi connectivity index (χ2n) is 4.05. The van der Waals surface area contributed by atoms with Crippen LogP contribution in [-0.2, 0) is 0 Å². The molecule has 94 valence electrons. The van der Waals surface area contributed by atoms with Crippen LogP contribution in [-0.4, -0.2) is 25.7 Å². The van der Waals surface area contributed by atoms with Crippen molar-refractivity contribution in [3.05, 3.63) is 48.2 Å². The topological polar surface area (TPSA) is 93.5 Å². The lowest BCUT2D eigenvalue weighted by atomic mass is 10.2. The van der Waals surface area contributed by atoms with E-state index in [9.17, 15) is 4.79 Å². The SMILES string of the molecule is Nc1ccc(-c2nc3c(C(=O)O)cccn3n2)cc1. The summed E-state index contributed by atoms with van der Waals surface area (Å²) in [5.74, 6) is -0.560. The Hall–Kier alpha value is -2.89. The number of hydrogen-bond donors (Lipinski definition) is 2. The lowest BCUT2D eigenvalue weighted by Gasteiger charge is -1.95. The first-order chi connectivity index (χ1) is 9.15. The molecule has 0 aliphatic heterocycles. The van der Waals surface area contributed by atoms with Crippen LogP contribution in [0.15, 0.2) is 42.6 Å². The molecule has 2 heterocycles. The van der Waals surface area contributed by atoms with E-state index in [0.29, 0.717) is 17.2 Å². The molecule has 6 heteroatoms.